The van der Waals surface area contributed by atoms with Crippen molar-refractivity contribution in [3.63, 3.8) is 0 Å². The van der Waals surface area contributed by atoms with Crippen LogP contribution in [0, 0.1) is 11.7 Å². The molecule has 0 aromatic carbocycles. The summed E-state index contributed by atoms with van der Waals surface area (Å²) in [6.07, 6.45) is 5.75. The topological polar surface area (TPSA) is 39.2 Å². The average molecular weight is 265 g/mol. The van der Waals surface area contributed by atoms with E-state index < -0.39 is 11.4 Å². The lowest BCUT2D eigenvalue weighted by Gasteiger charge is -2.37. The van der Waals surface area contributed by atoms with E-state index in [1.54, 1.807) is 0 Å². The Balaban J connectivity index is 2.29. The Morgan fingerprint density at radius 3 is 2.79 bits per heavy atom. The molecule has 0 spiro atoms. The van der Waals surface area contributed by atoms with Crippen LogP contribution in [0.1, 0.15) is 49.9 Å². The van der Waals surface area contributed by atoms with Crippen molar-refractivity contribution in [2.45, 2.75) is 45.1 Å². The third kappa shape index (κ3) is 2.84. The van der Waals surface area contributed by atoms with E-state index in [0.717, 1.165) is 19.0 Å². The molecular formula is C15H20FNO2. The molecule has 0 bridgehead atoms. The SMILES string of the molecule is CCOC1(C(=O)c2ccncc2F)CCC(C)CC1. The van der Waals surface area contributed by atoms with Gasteiger partial charge in [0, 0.05) is 12.8 Å². The van der Waals surface area contributed by atoms with Crippen molar-refractivity contribution in [2.24, 2.45) is 5.92 Å². The number of halogens is 1. The summed E-state index contributed by atoms with van der Waals surface area (Å²) in [5.74, 6) is -0.199. The summed E-state index contributed by atoms with van der Waals surface area (Å²) in [7, 11) is 0. The van der Waals surface area contributed by atoms with Crippen LogP contribution in [0.4, 0.5) is 4.39 Å². The Morgan fingerprint density at radius 2 is 2.21 bits per heavy atom. The summed E-state index contributed by atoms with van der Waals surface area (Å²) < 4.78 is 19.5. The Kier molecular flexibility index (Phi) is 4.30. The summed E-state index contributed by atoms with van der Waals surface area (Å²) in [6.45, 7) is 4.51. The molecular weight excluding hydrogens is 245 g/mol. The second-order valence-corrected chi connectivity index (χ2v) is 5.29. The van der Waals surface area contributed by atoms with Gasteiger partial charge in [0.15, 0.2) is 11.6 Å². The minimum atomic E-state index is -0.844. The summed E-state index contributed by atoms with van der Waals surface area (Å²) in [4.78, 5) is 16.3. The van der Waals surface area contributed by atoms with Gasteiger partial charge < -0.3 is 4.74 Å². The van der Waals surface area contributed by atoms with Crippen LogP contribution < -0.4 is 0 Å². The van der Waals surface area contributed by atoms with Gasteiger partial charge >= 0.3 is 0 Å². The number of Topliss-reactive ketones (excluding diaryl/α,β-unsaturated/α-hetero) is 1. The van der Waals surface area contributed by atoms with Crippen LogP contribution in [-0.4, -0.2) is 23.0 Å². The molecule has 0 radical (unpaired) electrons. The van der Waals surface area contributed by atoms with E-state index in [1.165, 1.54) is 12.3 Å². The smallest absolute Gasteiger partial charge is 0.197 e. The van der Waals surface area contributed by atoms with Gasteiger partial charge in [0.05, 0.1) is 11.8 Å². The second kappa shape index (κ2) is 5.78. The molecule has 1 aromatic rings. The van der Waals surface area contributed by atoms with Gasteiger partial charge in [0.2, 0.25) is 0 Å². The fourth-order valence-corrected chi connectivity index (χ4v) is 2.75. The number of carbonyl (C=O) groups is 1. The molecule has 1 aliphatic carbocycles. The Morgan fingerprint density at radius 1 is 1.53 bits per heavy atom. The lowest BCUT2D eigenvalue weighted by atomic mass is 9.75. The molecule has 3 nitrogen and oxygen atoms in total. The number of aromatic nitrogens is 1. The zero-order chi connectivity index (χ0) is 13.9. The molecule has 1 saturated carbocycles. The van der Waals surface area contributed by atoms with Gasteiger partial charge in [-0.2, -0.15) is 0 Å². The van der Waals surface area contributed by atoms with Crippen molar-refractivity contribution in [1.82, 2.24) is 4.98 Å². The molecule has 1 aliphatic rings. The van der Waals surface area contributed by atoms with E-state index in [2.05, 4.69) is 11.9 Å². The van der Waals surface area contributed by atoms with E-state index in [-0.39, 0.29) is 11.3 Å². The summed E-state index contributed by atoms with van der Waals surface area (Å²) in [5, 5.41) is 0. The molecule has 0 saturated heterocycles. The van der Waals surface area contributed by atoms with Crippen molar-refractivity contribution in [2.75, 3.05) is 6.61 Å². The molecule has 1 fully saturated rings. The van der Waals surface area contributed by atoms with Crippen LogP contribution in [0.15, 0.2) is 18.5 Å². The van der Waals surface area contributed by atoms with Gasteiger partial charge in [-0.1, -0.05) is 6.92 Å². The molecule has 0 atom stereocenters. The van der Waals surface area contributed by atoms with E-state index in [4.69, 9.17) is 4.74 Å². The molecule has 0 aliphatic heterocycles. The number of ketones is 1. The van der Waals surface area contributed by atoms with Gasteiger partial charge in [-0.05, 0) is 44.6 Å². The largest absolute Gasteiger partial charge is 0.367 e. The molecule has 0 unspecified atom stereocenters. The van der Waals surface area contributed by atoms with Gasteiger partial charge in [0.25, 0.3) is 0 Å². The first kappa shape index (κ1) is 14.1. The fourth-order valence-electron chi connectivity index (χ4n) is 2.75. The van der Waals surface area contributed by atoms with E-state index >= 15 is 0 Å². The quantitative estimate of drug-likeness (QED) is 0.783. The molecule has 1 aromatic heterocycles. The Hall–Kier alpha value is -1.29. The number of ether oxygens (including phenoxy) is 1. The van der Waals surface area contributed by atoms with E-state index in [9.17, 15) is 9.18 Å². The normalized spacial score (nSPS) is 27.2. The lowest BCUT2D eigenvalue weighted by Crippen LogP contribution is -2.45. The maximum absolute atomic E-state index is 13.7. The Labute approximate surface area is 113 Å². The van der Waals surface area contributed by atoms with Crippen LogP contribution in [0.3, 0.4) is 0 Å². The zero-order valence-electron chi connectivity index (χ0n) is 11.5. The molecule has 0 N–H and O–H groups in total. The van der Waals surface area contributed by atoms with Gasteiger partial charge in [0.1, 0.15) is 5.60 Å². The van der Waals surface area contributed by atoms with Crippen molar-refractivity contribution in [3.05, 3.63) is 29.8 Å². The number of carbonyl (C=O) groups excluding carboxylic acids is 1. The van der Waals surface area contributed by atoms with Crippen molar-refractivity contribution >= 4 is 5.78 Å². The van der Waals surface area contributed by atoms with Crippen LogP contribution in [-0.2, 0) is 4.74 Å². The molecule has 2 rings (SSSR count). The summed E-state index contributed by atoms with van der Waals surface area (Å²) in [5.41, 5.74) is -0.748. The predicted molar refractivity (Wildman–Crippen MR) is 70.5 cm³/mol. The number of hydrogen-bond acceptors (Lipinski definition) is 3. The highest BCUT2D eigenvalue weighted by molar-refractivity contribution is 6.02. The number of nitrogens with zero attached hydrogens (tertiary/aromatic N) is 1. The predicted octanol–water partition coefficient (Wildman–Crippen LogP) is 3.39. The lowest BCUT2D eigenvalue weighted by molar-refractivity contribution is -0.0476. The van der Waals surface area contributed by atoms with Crippen LogP contribution >= 0.6 is 0 Å². The van der Waals surface area contributed by atoms with Crippen LogP contribution in [0.25, 0.3) is 0 Å². The number of hydrogen-bond donors (Lipinski definition) is 0. The third-order valence-corrected chi connectivity index (χ3v) is 3.93. The molecule has 0 amide bonds. The number of pyridine rings is 1. The van der Waals surface area contributed by atoms with Crippen LogP contribution in [0.5, 0.6) is 0 Å². The van der Waals surface area contributed by atoms with Crippen LogP contribution in [0.2, 0.25) is 0 Å². The first-order valence-corrected chi connectivity index (χ1v) is 6.87. The van der Waals surface area contributed by atoms with Gasteiger partial charge in [-0.15, -0.1) is 0 Å². The zero-order valence-corrected chi connectivity index (χ0v) is 11.5. The first-order valence-electron chi connectivity index (χ1n) is 6.87. The van der Waals surface area contributed by atoms with Crippen molar-refractivity contribution in [3.8, 4) is 0 Å². The Bertz CT molecular complexity index is 453. The highest BCUT2D eigenvalue weighted by atomic mass is 19.1. The molecule has 19 heavy (non-hydrogen) atoms. The minimum Gasteiger partial charge on any atom is -0.367 e. The maximum Gasteiger partial charge on any atom is 0.197 e. The maximum atomic E-state index is 13.7. The third-order valence-electron chi connectivity index (χ3n) is 3.93. The summed E-state index contributed by atoms with van der Waals surface area (Å²) in [6, 6.07) is 1.44. The molecule has 1 heterocycles. The van der Waals surface area contributed by atoms with Gasteiger partial charge in [-0.3, -0.25) is 9.78 Å². The highest BCUT2D eigenvalue weighted by Crippen LogP contribution is 2.37. The molecule has 4 heteroatoms. The second-order valence-electron chi connectivity index (χ2n) is 5.29. The monoisotopic (exact) mass is 265 g/mol. The van der Waals surface area contributed by atoms with E-state index in [1.807, 2.05) is 6.92 Å². The average Bonchev–Trinajstić information content (AvgIpc) is 2.42. The van der Waals surface area contributed by atoms with E-state index in [0.29, 0.717) is 25.4 Å². The summed E-state index contributed by atoms with van der Waals surface area (Å²) >= 11 is 0. The number of rotatable bonds is 4. The fraction of sp³-hybridized carbons (Fsp3) is 0.600. The standard InChI is InChI=1S/C15H20FNO2/c1-3-19-15(7-4-11(2)5-8-15)14(18)12-6-9-17-10-13(12)16/h6,9-11H,3-5,7-8H2,1-2H3. The first-order chi connectivity index (χ1) is 9.09. The molecule has 104 valence electrons. The van der Waals surface area contributed by atoms with Gasteiger partial charge in [-0.25, -0.2) is 4.39 Å². The highest BCUT2D eigenvalue weighted by Gasteiger charge is 2.42. The van der Waals surface area contributed by atoms with Crippen molar-refractivity contribution in [1.29, 1.82) is 0 Å². The minimum absolute atomic E-state index is 0.0954. The van der Waals surface area contributed by atoms with Crippen molar-refractivity contribution < 1.29 is 13.9 Å².